The number of carbonyl (C=O) groups excluding carboxylic acids is 1. The Labute approximate surface area is 154 Å². The molecule has 1 aliphatic heterocycles. The van der Waals surface area contributed by atoms with E-state index in [-0.39, 0.29) is 5.91 Å². The minimum Gasteiger partial charge on any atom is -0.347 e. The third-order valence-corrected chi connectivity index (χ3v) is 5.47. The van der Waals surface area contributed by atoms with E-state index in [1.165, 1.54) is 0 Å². The van der Waals surface area contributed by atoms with Gasteiger partial charge in [-0.3, -0.25) is 4.79 Å². The molecule has 5 nitrogen and oxygen atoms in total. The summed E-state index contributed by atoms with van der Waals surface area (Å²) in [5, 5.41) is 1.05. The van der Waals surface area contributed by atoms with Crippen molar-refractivity contribution in [1.29, 1.82) is 0 Å². The zero-order chi connectivity index (χ0) is 18.3. The first-order valence-electron chi connectivity index (χ1n) is 9.45. The maximum atomic E-state index is 13.3. The van der Waals surface area contributed by atoms with Gasteiger partial charge < -0.3 is 14.0 Å². The van der Waals surface area contributed by atoms with Crippen LogP contribution in [0.4, 0.5) is 0 Å². The second-order valence-electron chi connectivity index (χ2n) is 7.29. The van der Waals surface area contributed by atoms with Gasteiger partial charge in [0.1, 0.15) is 5.82 Å². The zero-order valence-electron chi connectivity index (χ0n) is 15.8. The molecule has 1 atom stereocenters. The summed E-state index contributed by atoms with van der Waals surface area (Å²) in [6.45, 7) is 6.57. The number of imidazole rings is 1. The third kappa shape index (κ3) is 2.81. The number of nitrogens with zero attached hydrogens (tertiary/aromatic N) is 4. The average Bonchev–Trinajstić information content (AvgIpc) is 3.20. The first-order valence-corrected chi connectivity index (χ1v) is 9.45. The molecule has 0 N–H and O–H groups in total. The second-order valence-corrected chi connectivity index (χ2v) is 7.29. The van der Waals surface area contributed by atoms with Gasteiger partial charge in [0.15, 0.2) is 0 Å². The van der Waals surface area contributed by atoms with Crippen molar-refractivity contribution in [2.45, 2.75) is 39.2 Å². The minimum absolute atomic E-state index is 0.143. The standard InChI is InChI=1S/C21H26N4O/c1-4-24-14-18(17-9-5-6-10-19(17)24)21(26)25-11-7-8-16(13-25)20-22-15(2)12-23(20)3/h5-6,9-10,12,14,16H,4,7-8,11,13H2,1-3H3/t16-/m0/s1. The van der Waals surface area contributed by atoms with Crippen LogP contribution in [-0.2, 0) is 13.6 Å². The summed E-state index contributed by atoms with van der Waals surface area (Å²) in [6, 6.07) is 8.18. The number of rotatable bonds is 3. The van der Waals surface area contributed by atoms with Gasteiger partial charge in [0, 0.05) is 55.9 Å². The fourth-order valence-corrected chi connectivity index (χ4v) is 4.24. The number of hydrogen-bond acceptors (Lipinski definition) is 2. The molecule has 0 saturated carbocycles. The molecule has 1 fully saturated rings. The maximum absolute atomic E-state index is 13.3. The average molecular weight is 350 g/mol. The van der Waals surface area contributed by atoms with Crippen molar-refractivity contribution >= 4 is 16.8 Å². The Hall–Kier alpha value is -2.56. The van der Waals surface area contributed by atoms with Crippen LogP contribution in [0, 0.1) is 6.92 Å². The van der Waals surface area contributed by atoms with E-state index in [1.807, 2.05) is 37.2 Å². The van der Waals surface area contributed by atoms with Gasteiger partial charge in [-0.1, -0.05) is 18.2 Å². The van der Waals surface area contributed by atoms with Gasteiger partial charge in [0.2, 0.25) is 0 Å². The van der Waals surface area contributed by atoms with Crippen LogP contribution in [0.5, 0.6) is 0 Å². The van der Waals surface area contributed by atoms with E-state index in [9.17, 15) is 4.79 Å². The normalized spacial score (nSPS) is 17.8. The van der Waals surface area contributed by atoms with E-state index in [0.29, 0.717) is 5.92 Å². The highest BCUT2D eigenvalue weighted by Gasteiger charge is 2.29. The third-order valence-electron chi connectivity index (χ3n) is 5.47. The fourth-order valence-electron chi connectivity index (χ4n) is 4.24. The second kappa shape index (κ2) is 6.63. The van der Waals surface area contributed by atoms with Crippen LogP contribution in [0.15, 0.2) is 36.7 Å². The van der Waals surface area contributed by atoms with Crippen LogP contribution < -0.4 is 0 Å². The van der Waals surface area contributed by atoms with Crippen molar-refractivity contribution in [3.8, 4) is 0 Å². The highest BCUT2D eigenvalue weighted by molar-refractivity contribution is 6.07. The summed E-state index contributed by atoms with van der Waals surface area (Å²) in [4.78, 5) is 20.0. The van der Waals surface area contributed by atoms with Crippen LogP contribution in [0.1, 0.15) is 47.6 Å². The Morgan fingerprint density at radius 3 is 2.81 bits per heavy atom. The predicted molar refractivity (Wildman–Crippen MR) is 103 cm³/mol. The molecule has 2 aromatic heterocycles. The van der Waals surface area contributed by atoms with Crippen molar-refractivity contribution in [3.63, 3.8) is 0 Å². The molecule has 0 aliphatic carbocycles. The number of aromatic nitrogens is 3. The monoisotopic (exact) mass is 350 g/mol. The number of carbonyl (C=O) groups is 1. The Morgan fingerprint density at radius 2 is 2.08 bits per heavy atom. The number of aryl methyl sites for hydroxylation is 3. The summed E-state index contributed by atoms with van der Waals surface area (Å²) in [5.74, 6) is 1.55. The van der Waals surface area contributed by atoms with Crippen molar-refractivity contribution in [2.75, 3.05) is 13.1 Å². The molecule has 3 heterocycles. The molecule has 3 aromatic rings. The van der Waals surface area contributed by atoms with Gasteiger partial charge in [-0.2, -0.15) is 0 Å². The van der Waals surface area contributed by atoms with Crippen LogP contribution in [0.2, 0.25) is 0 Å². The van der Waals surface area contributed by atoms with Gasteiger partial charge in [-0.15, -0.1) is 0 Å². The molecule has 5 heteroatoms. The number of fused-ring (bicyclic) bond motifs is 1. The van der Waals surface area contributed by atoms with Crippen molar-refractivity contribution in [1.82, 2.24) is 19.0 Å². The number of benzene rings is 1. The van der Waals surface area contributed by atoms with Gasteiger partial charge in [0.05, 0.1) is 11.3 Å². The molecule has 1 aliphatic rings. The lowest BCUT2D eigenvalue weighted by atomic mass is 9.96. The molecule has 0 unspecified atom stereocenters. The number of amides is 1. The summed E-state index contributed by atoms with van der Waals surface area (Å²) in [7, 11) is 2.05. The van der Waals surface area contributed by atoms with Crippen molar-refractivity contribution in [2.24, 2.45) is 7.05 Å². The quantitative estimate of drug-likeness (QED) is 0.722. The number of para-hydroxylation sites is 1. The van der Waals surface area contributed by atoms with Gasteiger partial charge in [-0.25, -0.2) is 4.98 Å². The van der Waals surface area contributed by atoms with E-state index < -0.39 is 0 Å². The van der Waals surface area contributed by atoms with E-state index in [0.717, 1.165) is 60.5 Å². The first kappa shape index (κ1) is 16.9. The summed E-state index contributed by atoms with van der Waals surface area (Å²) >= 11 is 0. The lowest BCUT2D eigenvalue weighted by Gasteiger charge is -2.32. The molecule has 0 spiro atoms. The van der Waals surface area contributed by atoms with Gasteiger partial charge >= 0.3 is 0 Å². The topological polar surface area (TPSA) is 43.1 Å². The molecular formula is C21H26N4O. The van der Waals surface area contributed by atoms with Crippen molar-refractivity contribution in [3.05, 3.63) is 53.7 Å². The zero-order valence-corrected chi connectivity index (χ0v) is 15.8. The molecule has 1 saturated heterocycles. The molecule has 4 rings (SSSR count). The van der Waals surface area contributed by atoms with E-state index >= 15 is 0 Å². The number of hydrogen-bond donors (Lipinski definition) is 0. The van der Waals surface area contributed by atoms with Crippen LogP contribution in [0.25, 0.3) is 10.9 Å². The lowest BCUT2D eigenvalue weighted by molar-refractivity contribution is 0.0705. The summed E-state index contributed by atoms with van der Waals surface area (Å²) < 4.78 is 4.27. The summed E-state index contributed by atoms with van der Waals surface area (Å²) in [6.07, 6.45) is 6.19. The van der Waals surface area contributed by atoms with Gasteiger partial charge in [0.25, 0.3) is 5.91 Å². The minimum atomic E-state index is 0.143. The molecule has 0 bridgehead atoms. The molecule has 1 aromatic carbocycles. The SMILES string of the molecule is CCn1cc(C(=O)N2CCC[C@H](c3nc(C)cn3C)C2)c2ccccc21. The molecular weight excluding hydrogens is 324 g/mol. The lowest BCUT2D eigenvalue weighted by Crippen LogP contribution is -2.39. The highest BCUT2D eigenvalue weighted by atomic mass is 16.2. The first-order chi connectivity index (χ1) is 12.6. The Bertz CT molecular complexity index is 952. The summed E-state index contributed by atoms with van der Waals surface area (Å²) in [5.41, 5.74) is 2.99. The van der Waals surface area contributed by atoms with Crippen LogP contribution in [-0.4, -0.2) is 38.0 Å². The molecule has 1 amide bonds. The van der Waals surface area contributed by atoms with Crippen LogP contribution in [0.3, 0.4) is 0 Å². The van der Waals surface area contributed by atoms with E-state index in [2.05, 4.69) is 39.4 Å². The Morgan fingerprint density at radius 1 is 1.27 bits per heavy atom. The van der Waals surface area contributed by atoms with Crippen LogP contribution >= 0.6 is 0 Å². The highest BCUT2D eigenvalue weighted by Crippen LogP contribution is 2.29. The Balaban J connectivity index is 1.63. The Kier molecular flexibility index (Phi) is 4.31. The molecule has 26 heavy (non-hydrogen) atoms. The van der Waals surface area contributed by atoms with E-state index in [4.69, 9.17) is 0 Å². The fraction of sp³-hybridized carbons (Fsp3) is 0.429. The smallest absolute Gasteiger partial charge is 0.256 e. The predicted octanol–water partition coefficient (Wildman–Crippen LogP) is 3.72. The van der Waals surface area contributed by atoms with Crippen molar-refractivity contribution < 1.29 is 4.79 Å². The van der Waals surface area contributed by atoms with E-state index in [1.54, 1.807) is 0 Å². The maximum Gasteiger partial charge on any atom is 0.256 e. The largest absolute Gasteiger partial charge is 0.347 e. The number of piperidine rings is 1. The van der Waals surface area contributed by atoms with Gasteiger partial charge in [-0.05, 0) is 32.8 Å². The number of likely N-dealkylation sites (tertiary alicyclic amines) is 1. The molecule has 136 valence electrons. The molecule has 0 radical (unpaired) electrons.